The van der Waals surface area contributed by atoms with Gasteiger partial charge in [-0.15, -0.1) is 0 Å². The van der Waals surface area contributed by atoms with Gasteiger partial charge in [-0.2, -0.15) is 0 Å². The van der Waals surface area contributed by atoms with Crippen LogP contribution in [0.15, 0.2) is 18.2 Å². The summed E-state index contributed by atoms with van der Waals surface area (Å²) in [6, 6.07) is 5.71. The van der Waals surface area contributed by atoms with E-state index < -0.39 is 0 Å². The van der Waals surface area contributed by atoms with Crippen molar-refractivity contribution in [3.8, 4) is 0 Å². The number of nitrogens with one attached hydrogen (secondary N) is 2. The Bertz CT molecular complexity index is 454. The molecule has 1 aromatic rings. The molecule has 1 aliphatic rings. The maximum Gasteiger partial charge on any atom is 0.279 e. The summed E-state index contributed by atoms with van der Waals surface area (Å²) >= 11 is 6.14. The lowest BCUT2D eigenvalue weighted by molar-refractivity contribution is -0.892. The minimum atomic E-state index is 0.0614. The molecule has 4 heteroatoms. The van der Waals surface area contributed by atoms with Crippen molar-refractivity contribution in [3.05, 3.63) is 28.8 Å². The van der Waals surface area contributed by atoms with Crippen LogP contribution in [0, 0.1) is 6.92 Å². The van der Waals surface area contributed by atoms with Crippen LogP contribution in [0.4, 0.5) is 5.69 Å². The van der Waals surface area contributed by atoms with Crippen LogP contribution in [0.5, 0.6) is 0 Å². The van der Waals surface area contributed by atoms with Crippen LogP contribution in [-0.2, 0) is 4.79 Å². The first-order valence-electron chi connectivity index (χ1n) is 7.55. The van der Waals surface area contributed by atoms with Gasteiger partial charge < -0.3 is 10.2 Å². The Morgan fingerprint density at radius 1 is 1.20 bits per heavy atom. The van der Waals surface area contributed by atoms with Crippen LogP contribution in [0.2, 0.25) is 5.02 Å². The number of carbonyl (C=O) groups is 1. The second kappa shape index (κ2) is 7.65. The average molecular weight is 296 g/mol. The molecule has 0 bridgehead atoms. The highest BCUT2D eigenvalue weighted by Gasteiger charge is 2.16. The van der Waals surface area contributed by atoms with E-state index in [-0.39, 0.29) is 5.91 Å². The fraction of sp³-hybridized carbons (Fsp3) is 0.562. The molecule has 1 amide bonds. The van der Waals surface area contributed by atoms with Gasteiger partial charge in [-0.3, -0.25) is 4.79 Å². The number of halogens is 1. The highest BCUT2D eigenvalue weighted by atomic mass is 35.5. The zero-order valence-corrected chi connectivity index (χ0v) is 12.9. The Kier molecular flexibility index (Phi) is 5.86. The number of hydrogen-bond acceptors (Lipinski definition) is 1. The van der Waals surface area contributed by atoms with Gasteiger partial charge in [0.1, 0.15) is 0 Å². The molecule has 1 aliphatic heterocycles. The van der Waals surface area contributed by atoms with Crippen LogP contribution in [0.25, 0.3) is 0 Å². The third-order valence-corrected chi connectivity index (χ3v) is 4.18. The van der Waals surface area contributed by atoms with Gasteiger partial charge in [0.15, 0.2) is 6.54 Å². The van der Waals surface area contributed by atoms with Crippen LogP contribution >= 0.6 is 11.6 Å². The molecule has 0 atom stereocenters. The van der Waals surface area contributed by atoms with E-state index >= 15 is 0 Å². The second-order valence-electron chi connectivity index (χ2n) is 5.73. The summed E-state index contributed by atoms with van der Waals surface area (Å²) in [4.78, 5) is 13.5. The number of aryl methyl sites for hydroxylation is 1. The molecule has 1 saturated heterocycles. The van der Waals surface area contributed by atoms with Gasteiger partial charge in [0, 0.05) is 0 Å². The Hall–Kier alpha value is -1.06. The van der Waals surface area contributed by atoms with Crippen molar-refractivity contribution >= 4 is 23.2 Å². The molecule has 110 valence electrons. The maximum absolute atomic E-state index is 12.1. The topological polar surface area (TPSA) is 33.5 Å². The van der Waals surface area contributed by atoms with Crippen molar-refractivity contribution in [1.29, 1.82) is 0 Å². The molecule has 0 saturated carbocycles. The summed E-state index contributed by atoms with van der Waals surface area (Å²) < 4.78 is 0. The first-order chi connectivity index (χ1) is 9.65. The lowest BCUT2D eigenvalue weighted by atomic mass is 10.1. The predicted octanol–water partition coefficient (Wildman–Crippen LogP) is 2.44. The molecule has 0 radical (unpaired) electrons. The molecule has 1 aromatic carbocycles. The fourth-order valence-electron chi connectivity index (χ4n) is 2.73. The minimum Gasteiger partial charge on any atom is -0.327 e. The first kappa shape index (κ1) is 15.3. The molecule has 2 rings (SSSR count). The van der Waals surface area contributed by atoms with E-state index in [0.717, 1.165) is 18.7 Å². The normalized spacial score (nSPS) is 17.3. The van der Waals surface area contributed by atoms with E-state index in [1.807, 2.05) is 25.1 Å². The molecule has 1 heterocycles. The third-order valence-electron chi connectivity index (χ3n) is 3.87. The highest BCUT2D eigenvalue weighted by molar-refractivity contribution is 6.33. The smallest absolute Gasteiger partial charge is 0.279 e. The number of benzene rings is 1. The molecule has 0 aromatic heterocycles. The SMILES string of the molecule is Cc1ccc(NC(=O)C[NH+]2CCCCCCC2)c(Cl)c1. The first-order valence-corrected chi connectivity index (χ1v) is 7.92. The van der Waals surface area contributed by atoms with E-state index in [4.69, 9.17) is 11.6 Å². The summed E-state index contributed by atoms with van der Waals surface area (Å²) in [6.45, 7) is 4.75. The quantitative estimate of drug-likeness (QED) is 0.882. The monoisotopic (exact) mass is 295 g/mol. The molecular formula is C16H24ClN2O+. The number of hydrogen-bond donors (Lipinski definition) is 2. The second-order valence-corrected chi connectivity index (χ2v) is 6.13. The van der Waals surface area contributed by atoms with Gasteiger partial charge in [-0.25, -0.2) is 0 Å². The summed E-state index contributed by atoms with van der Waals surface area (Å²) in [5, 5.41) is 3.54. The van der Waals surface area contributed by atoms with Crippen molar-refractivity contribution < 1.29 is 9.69 Å². The van der Waals surface area contributed by atoms with E-state index in [9.17, 15) is 4.79 Å². The Morgan fingerprint density at radius 3 is 2.50 bits per heavy atom. The molecule has 0 aliphatic carbocycles. The number of likely N-dealkylation sites (tertiary alicyclic amines) is 1. The van der Waals surface area contributed by atoms with Gasteiger partial charge >= 0.3 is 0 Å². The van der Waals surface area contributed by atoms with E-state index in [1.165, 1.54) is 37.0 Å². The molecule has 0 spiro atoms. The third kappa shape index (κ3) is 4.80. The summed E-state index contributed by atoms with van der Waals surface area (Å²) in [5.74, 6) is 0.0614. The van der Waals surface area contributed by atoms with Crippen LogP contribution in [0.1, 0.15) is 37.7 Å². The van der Waals surface area contributed by atoms with Crippen molar-refractivity contribution in [3.63, 3.8) is 0 Å². The van der Waals surface area contributed by atoms with E-state index in [0.29, 0.717) is 17.3 Å². The number of amides is 1. The van der Waals surface area contributed by atoms with E-state index in [1.54, 1.807) is 0 Å². The number of quaternary nitrogens is 1. The molecule has 2 N–H and O–H groups in total. The highest BCUT2D eigenvalue weighted by Crippen LogP contribution is 2.22. The van der Waals surface area contributed by atoms with Gasteiger partial charge in [-0.1, -0.05) is 24.1 Å². The molecule has 3 nitrogen and oxygen atoms in total. The number of rotatable bonds is 3. The van der Waals surface area contributed by atoms with Crippen molar-refractivity contribution in [2.45, 2.75) is 39.0 Å². The van der Waals surface area contributed by atoms with Gasteiger partial charge in [0.2, 0.25) is 0 Å². The van der Waals surface area contributed by atoms with Crippen molar-refractivity contribution in [1.82, 2.24) is 0 Å². The fourth-order valence-corrected chi connectivity index (χ4v) is 3.01. The summed E-state index contributed by atoms with van der Waals surface area (Å²) in [5.41, 5.74) is 1.82. The summed E-state index contributed by atoms with van der Waals surface area (Å²) in [7, 11) is 0. The predicted molar refractivity (Wildman–Crippen MR) is 83.5 cm³/mol. The lowest BCUT2D eigenvalue weighted by Crippen LogP contribution is -3.13. The molecule has 0 unspecified atom stereocenters. The van der Waals surface area contributed by atoms with Crippen LogP contribution in [-0.4, -0.2) is 25.5 Å². The Labute approximate surface area is 126 Å². The minimum absolute atomic E-state index is 0.0614. The van der Waals surface area contributed by atoms with Gasteiger partial charge in [0.25, 0.3) is 5.91 Å². The zero-order valence-electron chi connectivity index (χ0n) is 12.2. The molecule has 20 heavy (non-hydrogen) atoms. The summed E-state index contributed by atoms with van der Waals surface area (Å²) in [6.07, 6.45) is 6.41. The van der Waals surface area contributed by atoms with Gasteiger partial charge in [0.05, 0.1) is 23.8 Å². The standard InChI is InChI=1S/C16H23ClN2O/c1-13-7-8-15(14(17)11-13)18-16(20)12-19-9-5-3-2-4-6-10-19/h7-8,11H,2-6,9-10,12H2,1H3,(H,18,20)/p+1. The Balaban J connectivity index is 1.87. The van der Waals surface area contributed by atoms with Crippen LogP contribution < -0.4 is 10.2 Å². The average Bonchev–Trinajstić information content (AvgIpc) is 2.36. The lowest BCUT2D eigenvalue weighted by Gasteiger charge is -2.21. The van der Waals surface area contributed by atoms with Crippen LogP contribution in [0.3, 0.4) is 0 Å². The molecular weight excluding hydrogens is 272 g/mol. The Morgan fingerprint density at radius 2 is 1.85 bits per heavy atom. The largest absolute Gasteiger partial charge is 0.327 e. The van der Waals surface area contributed by atoms with Crippen molar-refractivity contribution in [2.75, 3.05) is 25.0 Å². The van der Waals surface area contributed by atoms with E-state index in [2.05, 4.69) is 5.32 Å². The van der Waals surface area contributed by atoms with Crippen molar-refractivity contribution in [2.24, 2.45) is 0 Å². The molecule has 1 fully saturated rings. The zero-order chi connectivity index (χ0) is 14.4. The van der Waals surface area contributed by atoms with Gasteiger partial charge in [-0.05, 0) is 50.3 Å². The maximum atomic E-state index is 12.1. The number of carbonyl (C=O) groups excluding carboxylic acids is 1. The number of anilines is 1.